The summed E-state index contributed by atoms with van der Waals surface area (Å²) in [4.78, 5) is 16.5. The molecule has 0 saturated carbocycles. The smallest absolute Gasteiger partial charge is 0.412 e. The molecule has 12 heteroatoms. The van der Waals surface area contributed by atoms with Crippen molar-refractivity contribution >= 4 is 0 Å². The summed E-state index contributed by atoms with van der Waals surface area (Å²) >= 11 is 0. The largest absolute Gasteiger partial charge is 1.00 e. The van der Waals surface area contributed by atoms with Gasteiger partial charge in [-0.15, -0.1) is 0 Å². The van der Waals surface area contributed by atoms with E-state index in [0.717, 1.165) is 0 Å². The predicted octanol–water partition coefficient (Wildman–Crippen LogP) is -2.13. The topological polar surface area (TPSA) is 195 Å². The molecule has 0 aromatic carbocycles. The van der Waals surface area contributed by atoms with Gasteiger partial charge in [0.15, 0.2) is 0 Å². The van der Waals surface area contributed by atoms with Crippen molar-refractivity contribution < 1.29 is 76.5 Å². The van der Waals surface area contributed by atoms with Crippen LogP contribution in [0.25, 0.3) is 0 Å². The Bertz CT molecular complexity index is 73.1. The zero-order valence-electron chi connectivity index (χ0n) is 5.76. The van der Waals surface area contributed by atoms with E-state index in [9.17, 15) is 0 Å². The van der Waals surface area contributed by atoms with Gasteiger partial charge >= 0.3 is 55.3 Å². The molecule has 0 aromatic heterocycles. The minimum atomic E-state index is -1.75. The number of hydrogen-bond donors (Lipinski definition) is 0. The molecule has 0 aliphatic rings. The van der Waals surface area contributed by atoms with Crippen LogP contribution in [0, 0.1) is 30.6 Å². The van der Waals surface area contributed by atoms with Crippen LogP contribution in [0.2, 0.25) is 0 Å². The first-order chi connectivity index (χ1) is 3.46. The number of rotatable bonds is 0. The fourth-order valence-electron chi connectivity index (χ4n) is 0. The van der Waals surface area contributed by atoms with E-state index >= 15 is 0 Å². The molecule has 66 valence electrons. The summed E-state index contributed by atoms with van der Waals surface area (Å²) in [6, 6.07) is 0. The first-order valence-corrected chi connectivity index (χ1v) is 1.10. The molecule has 2 radical (unpaired) electrons. The zero-order chi connectivity index (χ0) is 7.15. The van der Waals surface area contributed by atoms with Crippen LogP contribution in [-0.4, -0.2) is 21.1 Å². The quantitative estimate of drug-likeness (QED) is 0.184. The maximum absolute atomic E-state index is 8.25. The van der Waals surface area contributed by atoms with Crippen molar-refractivity contribution in [1.82, 2.24) is 0 Å². The molecule has 0 heterocycles. The second-order valence-corrected chi connectivity index (χ2v) is 0.447. The summed E-state index contributed by atoms with van der Waals surface area (Å²) in [6.07, 6.45) is 0. The van der Waals surface area contributed by atoms with E-state index < -0.39 is 10.2 Å². The van der Waals surface area contributed by atoms with Crippen LogP contribution in [0.3, 0.4) is 0 Å². The summed E-state index contributed by atoms with van der Waals surface area (Å²) in [7, 11) is 0. The SMILES string of the molecule is O.O.O=[N+]([O-])[O-].O=[N+]([O-])[O-].[Hg+].[Hg+]. The fourth-order valence-corrected chi connectivity index (χ4v) is 0. The minimum absolute atomic E-state index is 0. The van der Waals surface area contributed by atoms with E-state index in [1.807, 2.05) is 0 Å². The van der Waals surface area contributed by atoms with Crippen LogP contribution < -0.4 is 0 Å². The minimum Gasteiger partial charge on any atom is -0.412 e. The second-order valence-electron chi connectivity index (χ2n) is 0.447. The van der Waals surface area contributed by atoms with Gasteiger partial charge in [-0.25, -0.2) is 0 Å². The average molecular weight is 561 g/mol. The molecule has 0 bridgehead atoms. The van der Waals surface area contributed by atoms with Gasteiger partial charge in [0.25, 0.3) is 0 Å². The molecule has 0 aliphatic heterocycles. The molecule has 12 heavy (non-hydrogen) atoms. The van der Waals surface area contributed by atoms with Crippen molar-refractivity contribution in [3.8, 4) is 0 Å². The third-order valence-corrected chi connectivity index (χ3v) is 0. The van der Waals surface area contributed by atoms with Gasteiger partial charge < -0.3 is 41.6 Å². The molecule has 0 unspecified atom stereocenters. The van der Waals surface area contributed by atoms with Gasteiger partial charge in [0, 0.05) is 0 Å². The molecule has 0 fully saturated rings. The first-order valence-electron chi connectivity index (χ1n) is 1.10. The predicted molar refractivity (Wildman–Crippen MR) is 28.0 cm³/mol. The van der Waals surface area contributed by atoms with Crippen LogP contribution >= 0.6 is 0 Å². The van der Waals surface area contributed by atoms with Crippen LogP contribution in [0.4, 0.5) is 0 Å². The van der Waals surface area contributed by atoms with Gasteiger partial charge in [0.1, 0.15) is 0 Å². The Morgan fingerprint density at radius 2 is 0.667 bits per heavy atom. The molecule has 0 amide bonds. The van der Waals surface area contributed by atoms with E-state index in [1.165, 1.54) is 0 Å². The molecule has 0 aromatic rings. The van der Waals surface area contributed by atoms with Gasteiger partial charge in [-0.2, -0.15) is 0 Å². The van der Waals surface area contributed by atoms with Gasteiger partial charge in [0.2, 0.25) is 0 Å². The Hall–Kier alpha value is 0.190. The summed E-state index contributed by atoms with van der Waals surface area (Å²) in [5.41, 5.74) is 0. The van der Waals surface area contributed by atoms with Crippen molar-refractivity contribution in [1.29, 1.82) is 0 Å². The third kappa shape index (κ3) is 23800. The van der Waals surface area contributed by atoms with Gasteiger partial charge in [-0.3, -0.25) is 0 Å². The van der Waals surface area contributed by atoms with E-state index in [1.54, 1.807) is 0 Å². The van der Waals surface area contributed by atoms with E-state index in [4.69, 9.17) is 30.6 Å². The first kappa shape index (κ1) is 39.8. The molecule has 0 saturated heterocycles. The van der Waals surface area contributed by atoms with Crippen LogP contribution in [-0.2, 0) is 55.3 Å². The fraction of sp³-hybridized carbons (Fsp3) is 0. The maximum Gasteiger partial charge on any atom is 1.00 e. The summed E-state index contributed by atoms with van der Waals surface area (Å²) in [5.74, 6) is 0. The van der Waals surface area contributed by atoms with Gasteiger partial charge in [-0.05, 0) is 0 Å². The second kappa shape index (κ2) is 30.3. The Morgan fingerprint density at radius 1 is 0.667 bits per heavy atom. The Kier molecular flexibility index (Phi) is 101. The monoisotopic (exact) mass is 564 g/mol. The molecular formula is H4Hg2N2O8. The molecule has 0 spiro atoms. The van der Waals surface area contributed by atoms with Crippen molar-refractivity contribution in [2.24, 2.45) is 0 Å². The molecule has 0 aliphatic carbocycles. The number of hydrogen-bond acceptors (Lipinski definition) is 6. The molecule has 0 atom stereocenters. The third-order valence-electron chi connectivity index (χ3n) is 0. The average Bonchev–Trinajstić information content (AvgIpc) is 1.25. The summed E-state index contributed by atoms with van der Waals surface area (Å²) in [6.45, 7) is 0. The van der Waals surface area contributed by atoms with Crippen molar-refractivity contribution in [3.63, 3.8) is 0 Å². The van der Waals surface area contributed by atoms with E-state index in [-0.39, 0.29) is 66.3 Å². The Morgan fingerprint density at radius 3 is 0.667 bits per heavy atom. The van der Waals surface area contributed by atoms with Gasteiger partial charge in [-0.1, -0.05) is 0 Å². The van der Waals surface area contributed by atoms with Crippen molar-refractivity contribution in [3.05, 3.63) is 30.6 Å². The van der Waals surface area contributed by atoms with Crippen LogP contribution in [0.5, 0.6) is 0 Å². The summed E-state index contributed by atoms with van der Waals surface area (Å²) in [5, 5.41) is 29.5. The normalized spacial score (nSPS) is 4.00. The van der Waals surface area contributed by atoms with E-state index in [2.05, 4.69) is 0 Å². The van der Waals surface area contributed by atoms with Crippen LogP contribution in [0.1, 0.15) is 0 Å². The Labute approximate surface area is 106 Å². The maximum atomic E-state index is 8.25. The summed E-state index contributed by atoms with van der Waals surface area (Å²) < 4.78 is 0. The zero-order valence-corrected chi connectivity index (χ0v) is 16.8. The van der Waals surface area contributed by atoms with Gasteiger partial charge in [0.05, 0.1) is 10.2 Å². The van der Waals surface area contributed by atoms with Crippen molar-refractivity contribution in [2.75, 3.05) is 0 Å². The van der Waals surface area contributed by atoms with Crippen LogP contribution in [0.15, 0.2) is 0 Å². The van der Waals surface area contributed by atoms with Crippen molar-refractivity contribution in [2.45, 2.75) is 0 Å². The molecule has 4 N–H and O–H groups in total. The standard InChI is InChI=1S/2Hg.2NO3.2H2O/c;;2*2-1(3)4;;/h;;;;2*1H2/q2*+1;2*-1;;. The molecular weight excluding hydrogens is 557 g/mol. The molecule has 10 nitrogen and oxygen atoms in total. The Balaban J connectivity index is -0.0000000112. The number of nitrogens with zero attached hydrogens (tertiary/aromatic N) is 2. The molecule has 0 rings (SSSR count). The van der Waals surface area contributed by atoms with E-state index in [0.29, 0.717) is 0 Å².